The Morgan fingerprint density at radius 1 is 0.925 bits per heavy atom. The average Bonchev–Trinajstić information content (AvgIpc) is 2.92. The molecule has 0 radical (unpaired) electrons. The summed E-state index contributed by atoms with van der Waals surface area (Å²) in [6.07, 6.45) is 2.09. The van der Waals surface area contributed by atoms with E-state index in [1.165, 1.54) is 54.7 Å². The molecule has 1 heterocycles. The van der Waals surface area contributed by atoms with Crippen LogP contribution in [0.2, 0.25) is 0 Å². The fourth-order valence-electron chi connectivity index (χ4n) is 3.66. The number of imide groups is 1. The van der Waals surface area contributed by atoms with E-state index in [1.54, 1.807) is 0 Å². The van der Waals surface area contributed by atoms with Gasteiger partial charge >= 0.3 is 12.1 Å². The van der Waals surface area contributed by atoms with Crippen molar-refractivity contribution in [2.45, 2.75) is 26.7 Å². The number of nitrogens with zero attached hydrogens (tertiary/aromatic N) is 2. The number of carbonyl (C=O) groups excluding carboxylic acids is 3. The van der Waals surface area contributed by atoms with E-state index in [9.17, 15) is 23.2 Å². The normalized spacial score (nSPS) is 10.6. The number of nitrogens with one attached hydrogen (secondary N) is 4. The SMILES string of the molecule is CCN(CC)CCCNC(=O)Nc1cc(Oc2ccc(NC(=O)NC(=O)Cc3ccc(F)cc3)cc2F)ccn1. The minimum absolute atomic E-state index is 0.0895. The van der Waals surface area contributed by atoms with Gasteiger partial charge in [0.25, 0.3) is 0 Å². The van der Waals surface area contributed by atoms with Crippen LogP contribution in [0.5, 0.6) is 11.5 Å². The van der Waals surface area contributed by atoms with Crippen LogP contribution in [0.4, 0.5) is 29.9 Å². The van der Waals surface area contributed by atoms with Crippen LogP contribution in [-0.4, -0.2) is 54.0 Å². The smallest absolute Gasteiger partial charge is 0.325 e. The second kappa shape index (κ2) is 15.1. The van der Waals surface area contributed by atoms with E-state index >= 15 is 0 Å². The van der Waals surface area contributed by atoms with Crippen molar-refractivity contribution >= 4 is 29.5 Å². The molecule has 0 saturated carbocycles. The van der Waals surface area contributed by atoms with Crippen LogP contribution in [-0.2, 0) is 11.2 Å². The number of urea groups is 2. The van der Waals surface area contributed by atoms with Gasteiger partial charge in [0, 0.05) is 30.6 Å². The monoisotopic (exact) mass is 554 g/mol. The first-order valence-electron chi connectivity index (χ1n) is 12.8. The second-order valence-corrected chi connectivity index (χ2v) is 8.69. The third-order valence-electron chi connectivity index (χ3n) is 5.75. The van der Waals surface area contributed by atoms with Crippen LogP contribution in [0.1, 0.15) is 25.8 Å². The molecule has 212 valence electrons. The molecule has 0 aliphatic heterocycles. The van der Waals surface area contributed by atoms with Crippen molar-refractivity contribution in [2.24, 2.45) is 0 Å². The van der Waals surface area contributed by atoms with Gasteiger partial charge in [0.15, 0.2) is 11.6 Å². The maximum atomic E-state index is 14.7. The Morgan fingerprint density at radius 3 is 2.38 bits per heavy atom. The Balaban J connectivity index is 1.48. The lowest BCUT2D eigenvalue weighted by molar-refractivity contribution is -0.119. The number of ether oxygens (including phenoxy) is 1. The number of anilines is 2. The van der Waals surface area contributed by atoms with Gasteiger partial charge in [-0.15, -0.1) is 0 Å². The number of hydrogen-bond acceptors (Lipinski definition) is 6. The first kappa shape index (κ1) is 30.0. The third-order valence-corrected chi connectivity index (χ3v) is 5.75. The van der Waals surface area contributed by atoms with Crippen LogP contribution in [0, 0.1) is 11.6 Å². The highest BCUT2D eigenvalue weighted by atomic mass is 19.1. The second-order valence-electron chi connectivity index (χ2n) is 8.69. The average molecular weight is 555 g/mol. The number of halogens is 2. The number of rotatable bonds is 12. The first-order chi connectivity index (χ1) is 19.2. The molecule has 2 aromatic carbocycles. The summed E-state index contributed by atoms with van der Waals surface area (Å²) in [5.74, 6) is -1.49. The molecular weight excluding hydrogens is 522 g/mol. The van der Waals surface area contributed by atoms with Crippen LogP contribution in [0.3, 0.4) is 0 Å². The van der Waals surface area contributed by atoms with Gasteiger partial charge in [0.1, 0.15) is 17.4 Å². The molecule has 5 amide bonds. The highest BCUT2D eigenvalue weighted by molar-refractivity contribution is 6.01. The van der Waals surface area contributed by atoms with Gasteiger partial charge in [0.05, 0.1) is 6.42 Å². The summed E-state index contributed by atoms with van der Waals surface area (Å²) < 4.78 is 33.2. The number of pyridine rings is 1. The number of aromatic nitrogens is 1. The Morgan fingerprint density at radius 2 is 1.68 bits per heavy atom. The predicted octanol–water partition coefficient (Wildman–Crippen LogP) is 4.90. The lowest BCUT2D eigenvalue weighted by Gasteiger charge is -2.17. The van der Waals surface area contributed by atoms with Crippen molar-refractivity contribution < 1.29 is 27.9 Å². The number of amides is 5. The zero-order valence-corrected chi connectivity index (χ0v) is 22.3. The Bertz CT molecular complexity index is 1300. The minimum Gasteiger partial charge on any atom is -0.454 e. The van der Waals surface area contributed by atoms with Crippen molar-refractivity contribution in [3.05, 3.63) is 78.0 Å². The zero-order chi connectivity index (χ0) is 28.9. The third kappa shape index (κ3) is 9.95. The van der Waals surface area contributed by atoms with Crippen molar-refractivity contribution in [3.8, 4) is 11.5 Å². The van der Waals surface area contributed by atoms with Crippen molar-refractivity contribution in [2.75, 3.05) is 36.8 Å². The number of hydrogen-bond donors (Lipinski definition) is 4. The molecule has 40 heavy (non-hydrogen) atoms. The summed E-state index contributed by atoms with van der Waals surface area (Å²) in [4.78, 5) is 42.6. The summed E-state index contributed by atoms with van der Waals surface area (Å²) in [7, 11) is 0. The molecule has 0 spiro atoms. The van der Waals surface area contributed by atoms with Crippen LogP contribution < -0.4 is 26.0 Å². The molecule has 12 heteroatoms. The van der Waals surface area contributed by atoms with Gasteiger partial charge in [-0.1, -0.05) is 26.0 Å². The van der Waals surface area contributed by atoms with Crippen molar-refractivity contribution in [3.63, 3.8) is 0 Å². The molecule has 0 atom stereocenters. The molecule has 3 rings (SSSR count). The quantitative estimate of drug-likeness (QED) is 0.236. The molecule has 0 aliphatic rings. The molecule has 10 nitrogen and oxygen atoms in total. The zero-order valence-electron chi connectivity index (χ0n) is 22.3. The van der Waals surface area contributed by atoms with E-state index in [0.717, 1.165) is 32.1 Å². The van der Waals surface area contributed by atoms with Crippen molar-refractivity contribution in [1.29, 1.82) is 0 Å². The maximum absolute atomic E-state index is 14.7. The van der Waals surface area contributed by atoms with E-state index in [-0.39, 0.29) is 29.4 Å². The first-order valence-corrected chi connectivity index (χ1v) is 12.8. The molecule has 1 aromatic heterocycles. The van der Waals surface area contributed by atoms with Gasteiger partial charge in [0.2, 0.25) is 5.91 Å². The van der Waals surface area contributed by atoms with Gasteiger partial charge in [-0.2, -0.15) is 0 Å². The summed E-state index contributed by atoms with van der Waals surface area (Å²) in [5.41, 5.74) is 0.618. The van der Waals surface area contributed by atoms with Gasteiger partial charge in [-0.05, 0) is 62.0 Å². The van der Waals surface area contributed by atoms with Crippen molar-refractivity contribution in [1.82, 2.24) is 20.5 Å². The summed E-state index contributed by atoms with van der Waals surface area (Å²) >= 11 is 0. The lowest BCUT2D eigenvalue weighted by Crippen LogP contribution is -2.35. The molecule has 0 unspecified atom stereocenters. The molecule has 0 fully saturated rings. The van der Waals surface area contributed by atoms with E-state index in [0.29, 0.717) is 12.1 Å². The molecule has 0 bridgehead atoms. The van der Waals surface area contributed by atoms with Crippen LogP contribution in [0.25, 0.3) is 0 Å². The highest BCUT2D eigenvalue weighted by Gasteiger charge is 2.12. The maximum Gasteiger partial charge on any atom is 0.325 e. The topological polar surface area (TPSA) is 125 Å². The Hall–Kier alpha value is -4.58. The summed E-state index contributed by atoms with van der Waals surface area (Å²) in [6, 6.07) is 10.7. The fourth-order valence-corrected chi connectivity index (χ4v) is 3.66. The Labute approximate surface area is 231 Å². The standard InChI is InChI=1S/C28H32F2N6O4/c1-3-36(4-2)15-5-13-32-27(38)34-25-18-22(12-14-31-25)40-24-11-10-21(17-23(24)30)33-28(39)35-26(37)16-19-6-8-20(29)9-7-19/h6-12,14,17-18H,3-5,13,15-16H2,1-2H3,(H2,31,32,34,38)(H2,33,35,37,39). The Kier molecular flexibility index (Phi) is 11.3. The highest BCUT2D eigenvalue weighted by Crippen LogP contribution is 2.27. The molecule has 3 aromatic rings. The van der Waals surface area contributed by atoms with Crippen LogP contribution >= 0.6 is 0 Å². The molecular formula is C28H32F2N6O4. The number of carbonyl (C=O) groups is 3. The molecule has 0 saturated heterocycles. The molecule has 4 N–H and O–H groups in total. The molecule has 0 aliphatic carbocycles. The summed E-state index contributed by atoms with van der Waals surface area (Å²) in [5, 5.41) is 9.88. The van der Waals surface area contributed by atoms with Gasteiger partial charge < -0.3 is 20.3 Å². The minimum atomic E-state index is -0.851. The van der Waals surface area contributed by atoms with Gasteiger partial charge in [-0.25, -0.2) is 23.4 Å². The fraction of sp³-hybridized carbons (Fsp3) is 0.286. The van der Waals surface area contributed by atoms with Gasteiger partial charge in [-0.3, -0.25) is 15.4 Å². The van der Waals surface area contributed by atoms with E-state index in [4.69, 9.17) is 4.74 Å². The number of benzene rings is 2. The van der Waals surface area contributed by atoms with Crippen LogP contribution in [0.15, 0.2) is 60.8 Å². The predicted molar refractivity (Wildman–Crippen MR) is 147 cm³/mol. The van der Waals surface area contributed by atoms with E-state index in [1.807, 2.05) is 0 Å². The van der Waals surface area contributed by atoms with E-state index < -0.39 is 29.6 Å². The summed E-state index contributed by atoms with van der Waals surface area (Å²) in [6.45, 7) is 7.47. The van der Waals surface area contributed by atoms with E-state index in [2.05, 4.69) is 45.0 Å². The lowest BCUT2D eigenvalue weighted by atomic mass is 10.1. The largest absolute Gasteiger partial charge is 0.454 e.